The Hall–Kier alpha value is -2.37. The van der Waals surface area contributed by atoms with Crippen molar-refractivity contribution >= 4 is 5.91 Å². The summed E-state index contributed by atoms with van der Waals surface area (Å²) in [5.41, 5.74) is 4.88. The van der Waals surface area contributed by atoms with Crippen LogP contribution in [0.3, 0.4) is 0 Å². The van der Waals surface area contributed by atoms with E-state index in [0.29, 0.717) is 12.5 Å². The molecule has 0 spiro atoms. The number of benzene rings is 2. The van der Waals surface area contributed by atoms with Gasteiger partial charge in [-0.15, -0.1) is 0 Å². The van der Waals surface area contributed by atoms with Gasteiger partial charge in [-0.05, 0) is 47.2 Å². The van der Waals surface area contributed by atoms with Crippen molar-refractivity contribution in [2.24, 2.45) is 0 Å². The van der Waals surface area contributed by atoms with Gasteiger partial charge in [0.15, 0.2) is 6.61 Å². The smallest absolute Gasteiger partial charge is 0.258 e. The highest BCUT2D eigenvalue weighted by molar-refractivity contribution is 5.77. The van der Waals surface area contributed by atoms with Gasteiger partial charge in [-0.25, -0.2) is 0 Å². The maximum absolute atomic E-state index is 12.3. The van der Waals surface area contributed by atoms with Crippen molar-refractivity contribution in [1.29, 1.82) is 0 Å². The molecule has 0 bridgehead atoms. The molecule has 1 aliphatic heterocycles. The zero-order chi connectivity index (χ0) is 20.6. The summed E-state index contributed by atoms with van der Waals surface area (Å²) in [7, 11) is 0. The van der Waals surface area contributed by atoms with Gasteiger partial charge in [0.05, 0.1) is 13.2 Å². The summed E-state index contributed by atoms with van der Waals surface area (Å²) in [6.45, 7) is 11.3. The predicted octanol–water partition coefficient (Wildman–Crippen LogP) is 3.65. The number of aryl methyl sites for hydroxylation is 1. The average Bonchev–Trinajstić information content (AvgIpc) is 2.72. The second-order valence-corrected chi connectivity index (χ2v) is 7.90. The molecule has 1 heterocycles. The fraction of sp³-hybridized carbons (Fsp3) is 0.458. The van der Waals surface area contributed by atoms with Gasteiger partial charge in [-0.2, -0.15) is 0 Å². The number of hydrogen-bond acceptors (Lipinski definition) is 4. The molecule has 0 aliphatic carbocycles. The number of amides is 1. The summed E-state index contributed by atoms with van der Waals surface area (Å²) < 4.78 is 11.1. The van der Waals surface area contributed by atoms with Gasteiger partial charge in [0.25, 0.3) is 5.91 Å². The molecule has 1 N–H and O–H groups in total. The maximum atomic E-state index is 12.3. The molecule has 1 aliphatic rings. The van der Waals surface area contributed by atoms with Gasteiger partial charge in [0.1, 0.15) is 5.75 Å². The number of morpholine rings is 1. The average molecular weight is 397 g/mol. The standard InChI is InChI=1S/C24H32N2O3/c1-18(2)23-9-8-22(14-19(23)3)29-17-24(27)25-15-20-6-4-5-7-21(20)16-26-10-12-28-13-11-26/h4-9,14,18H,10-13,15-17H2,1-3H3,(H,25,27). The molecule has 5 heteroatoms. The normalized spacial score (nSPS) is 14.8. The van der Waals surface area contributed by atoms with Gasteiger partial charge in [-0.3, -0.25) is 9.69 Å². The zero-order valence-electron chi connectivity index (χ0n) is 17.7. The largest absolute Gasteiger partial charge is 0.484 e. The van der Waals surface area contributed by atoms with Crippen LogP contribution in [0.1, 0.15) is 42.0 Å². The zero-order valence-corrected chi connectivity index (χ0v) is 17.7. The first kappa shape index (κ1) is 21.3. The monoisotopic (exact) mass is 396 g/mol. The van der Waals surface area contributed by atoms with E-state index in [1.165, 1.54) is 16.7 Å². The lowest BCUT2D eigenvalue weighted by Gasteiger charge is -2.27. The summed E-state index contributed by atoms with van der Waals surface area (Å²) in [6, 6.07) is 14.3. The minimum absolute atomic E-state index is 0.0199. The maximum Gasteiger partial charge on any atom is 0.258 e. The summed E-state index contributed by atoms with van der Waals surface area (Å²) in [5, 5.41) is 2.98. The molecule has 3 rings (SSSR count). The minimum atomic E-state index is -0.114. The molecular weight excluding hydrogens is 364 g/mol. The quantitative estimate of drug-likeness (QED) is 0.740. The Bertz CT molecular complexity index is 814. The fourth-order valence-electron chi connectivity index (χ4n) is 3.66. The van der Waals surface area contributed by atoms with E-state index in [9.17, 15) is 4.79 Å². The van der Waals surface area contributed by atoms with Crippen molar-refractivity contribution in [2.45, 2.75) is 39.8 Å². The molecule has 0 aromatic heterocycles. The van der Waals surface area contributed by atoms with Crippen LogP contribution in [-0.2, 0) is 22.6 Å². The third-order valence-corrected chi connectivity index (χ3v) is 5.33. The van der Waals surface area contributed by atoms with E-state index < -0.39 is 0 Å². The van der Waals surface area contributed by atoms with Crippen LogP contribution in [0.15, 0.2) is 42.5 Å². The Morgan fingerprint density at radius 2 is 1.86 bits per heavy atom. The van der Waals surface area contributed by atoms with Gasteiger partial charge in [0.2, 0.25) is 0 Å². The molecule has 0 saturated carbocycles. The van der Waals surface area contributed by atoms with E-state index >= 15 is 0 Å². The highest BCUT2D eigenvalue weighted by Gasteiger charge is 2.13. The van der Waals surface area contributed by atoms with Crippen molar-refractivity contribution in [3.8, 4) is 5.75 Å². The minimum Gasteiger partial charge on any atom is -0.484 e. The van der Waals surface area contributed by atoms with E-state index in [1.807, 2.05) is 24.3 Å². The lowest BCUT2D eigenvalue weighted by Crippen LogP contribution is -2.36. The number of carbonyl (C=O) groups excluding carboxylic acids is 1. The van der Waals surface area contributed by atoms with Gasteiger partial charge < -0.3 is 14.8 Å². The summed E-state index contributed by atoms with van der Waals surface area (Å²) in [6.07, 6.45) is 0. The van der Waals surface area contributed by atoms with Crippen LogP contribution in [0.5, 0.6) is 5.75 Å². The lowest BCUT2D eigenvalue weighted by molar-refractivity contribution is -0.123. The molecule has 1 fully saturated rings. The predicted molar refractivity (Wildman–Crippen MR) is 115 cm³/mol. The van der Waals surface area contributed by atoms with E-state index in [0.717, 1.165) is 44.2 Å². The first-order valence-electron chi connectivity index (χ1n) is 10.4. The highest BCUT2D eigenvalue weighted by atomic mass is 16.5. The van der Waals surface area contributed by atoms with Crippen molar-refractivity contribution in [2.75, 3.05) is 32.9 Å². The molecule has 0 unspecified atom stereocenters. The molecule has 1 amide bonds. The molecule has 0 radical (unpaired) electrons. The third kappa shape index (κ3) is 6.31. The lowest BCUT2D eigenvalue weighted by atomic mass is 9.98. The first-order chi connectivity index (χ1) is 14.0. The number of nitrogens with one attached hydrogen (secondary N) is 1. The van der Waals surface area contributed by atoms with E-state index in [2.05, 4.69) is 49.2 Å². The van der Waals surface area contributed by atoms with Crippen LogP contribution in [-0.4, -0.2) is 43.7 Å². The van der Waals surface area contributed by atoms with Crippen LogP contribution in [0.25, 0.3) is 0 Å². The summed E-state index contributed by atoms with van der Waals surface area (Å²) in [4.78, 5) is 14.7. The molecule has 29 heavy (non-hydrogen) atoms. The second-order valence-electron chi connectivity index (χ2n) is 7.90. The second kappa shape index (κ2) is 10.4. The number of nitrogens with zero attached hydrogens (tertiary/aromatic N) is 1. The number of hydrogen-bond donors (Lipinski definition) is 1. The van der Waals surface area contributed by atoms with Crippen molar-refractivity contribution in [1.82, 2.24) is 10.2 Å². The van der Waals surface area contributed by atoms with Crippen LogP contribution in [0.2, 0.25) is 0 Å². The molecule has 1 saturated heterocycles. The number of rotatable bonds is 8. The molecule has 156 valence electrons. The Labute approximate surface area is 174 Å². The van der Waals surface area contributed by atoms with Gasteiger partial charge in [0, 0.05) is 26.2 Å². The van der Waals surface area contributed by atoms with Gasteiger partial charge >= 0.3 is 0 Å². The SMILES string of the molecule is Cc1cc(OCC(=O)NCc2ccccc2CN2CCOCC2)ccc1C(C)C. The number of carbonyl (C=O) groups is 1. The Morgan fingerprint density at radius 3 is 2.55 bits per heavy atom. The fourth-order valence-corrected chi connectivity index (χ4v) is 3.66. The van der Waals surface area contributed by atoms with Gasteiger partial charge in [-0.1, -0.05) is 44.2 Å². The van der Waals surface area contributed by atoms with Crippen LogP contribution < -0.4 is 10.1 Å². The van der Waals surface area contributed by atoms with Crippen LogP contribution >= 0.6 is 0 Å². The number of ether oxygens (including phenoxy) is 2. The van der Waals surface area contributed by atoms with E-state index in [4.69, 9.17) is 9.47 Å². The Kier molecular flexibility index (Phi) is 7.67. The molecule has 2 aromatic carbocycles. The Balaban J connectivity index is 1.50. The Morgan fingerprint density at radius 1 is 1.14 bits per heavy atom. The highest BCUT2D eigenvalue weighted by Crippen LogP contribution is 2.23. The topological polar surface area (TPSA) is 50.8 Å². The van der Waals surface area contributed by atoms with Crippen molar-refractivity contribution in [3.63, 3.8) is 0 Å². The molecule has 0 atom stereocenters. The van der Waals surface area contributed by atoms with Crippen LogP contribution in [0.4, 0.5) is 0 Å². The van der Waals surface area contributed by atoms with E-state index in [1.54, 1.807) is 0 Å². The third-order valence-electron chi connectivity index (χ3n) is 5.33. The summed E-state index contributed by atoms with van der Waals surface area (Å²) >= 11 is 0. The van der Waals surface area contributed by atoms with E-state index in [-0.39, 0.29) is 12.5 Å². The molecular formula is C24H32N2O3. The van der Waals surface area contributed by atoms with Crippen LogP contribution in [0, 0.1) is 6.92 Å². The van der Waals surface area contributed by atoms with Crippen molar-refractivity contribution in [3.05, 3.63) is 64.7 Å². The summed E-state index contributed by atoms with van der Waals surface area (Å²) in [5.74, 6) is 1.09. The molecule has 5 nitrogen and oxygen atoms in total. The first-order valence-corrected chi connectivity index (χ1v) is 10.4. The molecule has 2 aromatic rings. The van der Waals surface area contributed by atoms with Crippen molar-refractivity contribution < 1.29 is 14.3 Å².